The van der Waals surface area contributed by atoms with Crippen molar-refractivity contribution in [1.82, 2.24) is 10.3 Å². The molecule has 0 fully saturated rings. The van der Waals surface area contributed by atoms with Crippen LogP contribution in [0.1, 0.15) is 48.6 Å². The van der Waals surface area contributed by atoms with Gasteiger partial charge < -0.3 is 5.32 Å². The Morgan fingerprint density at radius 1 is 1.32 bits per heavy atom. The maximum atomic E-state index is 4.55. The lowest BCUT2D eigenvalue weighted by Crippen LogP contribution is -2.24. The number of hydrogen-bond acceptors (Lipinski definition) is 3. The quantitative estimate of drug-likeness (QED) is 0.828. The zero-order valence-electron chi connectivity index (χ0n) is 11.5. The van der Waals surface area contributed by atoms with Crippen LogP contribution < -0.4 is 5.32 Å². The minimum absolute atomic E-state index is 0.285. The molecule has 0 aliphatic rings. The van der Waals surface area contributed by atoms with Crippen LogP contribution in [0, 0.1) is 6.92 Å². The Labute approximate surface area is 127 Å². The van der Waals surface area contributed by atoms with E-state index in [1.807, 2.05) is 6.92 Å². The molecule has 2 aromatic rings. The third kappa shape index (κ3) is 3.88. The van der Waals surface area contributed by atoms with Gasteiger partial charge in [-0.1, -0.05) is 35.0 Å². The highest BCUT2D eigenvalue weighted by Crippen LogP contribution is 2.25. The summed E-state index contributed by atoms with van der Waals surface area (Å²) in [5.41, 5.74) is 2.43. The Balaban J connectivity index is 2.08. The molecule has 0 aliphatic heterocycles. The van der Waals surface area contributed by atoms with Crippen molar-refractivity contribution in [2.24, 2.45) is 0 Å². The van der Waals surface area contributed by atoms with Gasteiger partial charge in [-0.2, -0.15) is 0 Å². The largest absolute Gasteiger partial charge is 0.301 e. The molecule has 1 aromatic heterocycles. The highest BCUT2D eigenvalue weighted by Gasteiger charge is 2.15. The molecule has 2 atom stereocenters. The lowest BCUT2D eigenvalue weighted by molar-refractivity contribution is 0.455. The molecule has 0 aliphatic carbocycles. The van der Waals surface area contributed by atoms with Crippen molar-refractivity contribution in [3.63, 3.8) is 0 Å². The van der Waals surface area contributed by atoms with Gasteiger partial charge in [-0.25, -0.2) is 4.98 Å². The predicted octanol–water partition coefficient (Wildman–Crippen LogP) is 5.02. The summed E-state index contributed by atoms with van der Waals surface area (Å²) in [6, 6.07) is 9.19. The van der Waals surface area contributed by atoms with E-state index in [0.717, 1.165) is 21.6 Å². The van der Waals surface area contributed by atoms with Crippen molar-refractivity contribution in [3.8, 4) is 0 Å². The molecule has 1 heterocycles. The van der Waals surface area contributed by atoms with Gasteiger partial charge in [-0.3, -0.25) is 0 Å². The first-order valence-corrected chi connectivity index (χ1v) is 8.21. The summed E-state index contributed by atoms with van der Waals surface area (Å²) >= 11 is 5.20. The molecule has 4 heteroatoms. The molecule has 19 heavy (non-hydrogen) atoms. The molecule has 1 aromatic carbocycles. The van der Waals surface area contributed by atoms with Crippen LogP contribution in [0.15, 0.2) is 34.1 Å². The number of nitrogens with zero attached hydrogens (tertiary/aromatic N) is 1. The molecule has 0 saturated heterocycles. The molecule has 0 bridgehead atoms. The maximum absolute atomic E-state index is 4.55. The summed E-state index contributed by atoms with van der Waals surface area (Å²) in [4.78, 5) is 4.55. The normalized spacial score (nSPS) is 14.3. The molecular weight excluding hydrogens is 320 g/mol. The van der Waals surface area contributed by atoms with Crippen molar-refractivity contribution >= 4 is 27.3 Å². The summed E-state index contributed by atoms with van der Waals surface area (Å²) in [5.74, 6) is 0. The van der Waals surface area contributed by atoms with E-state index in [0.29, 0.717) is 6.04 Å². The van der Waals surface area contributed by atoms with Crippen molar-refractivity contribution in [2.45, 2.75) is 39.3 Å². The number of halogens is 1. The van der Waals surface area contributed by atoms with E-state index in [1.165, 1.54) is 5.56 Å². The van der Waals surface area contributed by atoms with Crippen LogP contribution in [0.25, 0.3) is 0 Å². The minimum Gasteiger partial charge on any atom is -0.301 e. The molecule has 0 spiro atoms. The second-order valence-corrected chi connectivity index (χ2v) is 6.53. The lowest BCUT2D eigenvalue weighted by atomic mass is 10.0. The van der Waals surface area contributed by atoms with E-state index in [2.05, 4.69) is 69.7 Å². The van der Waals surface area contributed by atoms with E-state index in [4.69, 9.17) is 0 Å². The van der Waals surface area contributed by atoms with Crippen LogP contribution in [0.5, 0.6) is 0 Å². The van der Waals surface area contributed by atoms with Crippen LogP contribution in [0.2, 0.25) is 0 Å². The van der Waals surface area contributed by atoms with Crippen LogP contribution >= 0.6 is 27.3 Å². The number of thiazole rings is 1. The van der Waals surface area contributed by atoms with Gasteiger partial charge in [0, 0.05) is 21.6 Å². The molecule has 1 N–H and O–H groups in total. The summed E-state index contributed by atoms with van der Waals surface area (Å²) in [5, 5.41) is 6.93. The van der Waals surface area contributed by atoms with E-state index < -0.39 is 0 Å². The van der Waals surface area contributed by atoms with Gasteiger partial charge in [-0.15, -0.1) is 11.3 Å². The van der Waals surface area contributed by atoms with Crippen LogP contribution in [0.3, 0.4) is 0 Å². The van der Waals surface area contributed by atoms with Gasteiger partial charge in [-0.05, 0) is 38.0 Å². The molecule has 0 saturated carbocycles. The average Bonchev–Trinajstić information content (AvgIpc) is 2.84. The van der Waals surface area contributed by atoms with Gasteiger partial charge in [0.2, 0.25) is 0 Å². The van der Waals surface area contributed by atoms with E-state index >= 15 is 0 Å². The Hall–Kier alpha value is -0.710. The zero-order chi connectivity index (χ0) is 13.8. The van der Waals surface area contributed by atoms with Crippen LogP contribution in [-0.4, -0.2) is 4.98 Å². The average molecular weight is 339 g/mol. The first-order chi connectivity index (χ1) is 9.10. The van der Waals surface area contributed by atoms with Crippen LogP contribution in [0.4, 0.5) is 0 Å². The first kappa shape index (κ1) is 14.7. The second-order valence-electron chi connectivity index (χ2n) is 4.73. The van der Waals surface area contributed by atoms with Crippen molar-refractivity contribution in [3.05, 3.63) is 50.4 Å². The highest BCUT2D eigenvalue weighted by molar-refractivity contribution is 9.10. The fourth-order valence-corrected chi connectivity index (χ4v) is 3.17. The number of nitrogens with one attached hydrogen (secondary N) is 1. The molecule has 2 rings (SSSR count). The molecule has 0 amide bonds. The fourth-order valence-electron chi connectivity index (χ4n) is 2.09. The Kier molecular flexibility index (Phi) is 5.13. The van der Waals surface area contributed by atoms with Gasteiger partial charge in [0.15, 0.2) is 0 Å². The van der Waals surface area contributed by atoms with Gasteiger partial charge >= 0.3 is 0 Å². The third-order valence-corrected chi connectivity index (χ3v) is 4.81. The molecule has 2 unspecified atom stereocenters. The molecule has 102 valence electrons. The highest BCUT2D eigenvalue weighted by atomic mass is 79.9. The first-order valence-electron chi connectivity index (χ1n) is 6.53. The number of benzene rings is 1. The Morgan fingerprint density at radius 3 is 2.53 bits per heavy atom. The molecule has 0 radical (unpaired) electrons. The SMILES string of the molecule is CCC(NC(C)c1nc(C)cs1)c1ccc(Br)cc1. The monoisotopic (exact) mass is 338 g/mol. The summed E-state index contributed by atoms with van der Waals surface area (Å²) in [7, 11) is 0. The number of aromatic nitrogens is 1. The molecular formula is C15H19BrN2S. The fraction of sp³-hybridized carbons (Fsp3) is 0.400. The van der Waals surface area contributed by atoms with E-state index in [-0.39, 0.29) is 6.04 Å². The van der Waals surface area contributed by atoms with E-state index in [9.17, 15) is 0 Å². The number of hydrogen-bond donors (Lipinski definition) is 1. The third-order valence-electron chi connectivity index (χ3n) is 3.14. The maximum Gasteiger partial charge on any atom is 0.110 e. The van der Waals surface area contributed by atoms with Crippen LogP contribution in [-0.2, 0) is 0 Å². The topological polar surface area (TPSA) is 24.9 Å². The zero-order valence-corrected chi connectivity index (χ0v) is 13.9. The van der Waals surface area contributed by atoms with Gasteiger partial charge in [0.1, 0.15) is 5.01 Å². The summed E-state index contributed by atoms with van der Waals surface area (Å²) < 4.78 is 1.12. The van der Waals surface area contributed by atoms with Crippen molar-refractivity contribution in [2.75, 3.05) is 0 Å². The predicted molar refractivity (Wildman–Crippen MR) is 85.6 cm³/mol. The lowest BCUT2D eigenvalue weighted by Gasteiger charge is -2.21. The van der Waals surface area contributed by atoms with Crippen molar-refractivity contribution in [1.29, 1.82) is 0 Å². The Morgan fingerprint density at radius 2 is 2.00 bits per heavy atom. The number of rotatable bonds is 5. The van der Waals surface area contributed by atoms with Crippen molar-refractivity contribution < 1.29 is 0 Å². The van der Waals surface area contributed by atoms with Gasteiger partial charge in [0.25, 0.3) is 0 Å². The smallest absolute Gasteiger partial charge is 0.110 e. The second kappa shape index (κ2) is 6.64. The standard InChI is InChI=1S/C15H19BrN2S/c1-4-14(12-5-7-13(16)8-6-12)18-11(3)15-17-10(2)9-19-15/h5-9,11,14,18H,4H2,1-3H3. The Bertz CT molecular complexity index is 521. The molecule has 2 nitrogen and oxygen atoms in total. The summed E-state index contributed by atoms with van der Waals surface area (Å²) in [6.07, 6.45) is 1.07. The summed E-state index contributed by atoms with van der Waals surface area (Å²) in [6.45, 7) is 6.43. The number of aryl methyl sites for hydroxylation is 1. The van der Waals surface area contributed by atoms with Gasteiger partial charge in [0.05, 0.1) is 6.04 Å². The van der Waals surface area contributed by atoms with E-state index in [1.54, 1.807) is 11.3 Å². The minimum atomic E-state index is 0.285.